The minimum atomic E-state index is 0.806. The molecule has 0 atom stereocenters. The molecule has 0 aliphatic heterocycles. The molecular formula is C10H8N3+. The molecule has 2 rings (SSSR count). The van der Waals surface area contributed by atoms with Crippen molar-refractivity contribution >= 4 is 16.5 Å². The second-order valence-electron chi connectivity index (χ2n) is 2.74. The van der Waals surface area contributed by atoms with E-state index in [-0.39, 0.29) is 0 Å². The number of hydrogen-bond acceptors (Lipinski definition) is 2. The van der Waals surface area contributed by atoms with E-state index in [2.05, 4.69) is 10.5 Å². The molecule has 0 unspecified atom stereocenters. The lowest BCUT2D eigenvalue weighted by Crippen LogP contribution is -1.84. The molecule has 1 N–H and O–H groups in total. The van der Waals surface area contributed by atoms with Crippen molar-refractivity contribution in [3.63, 3.8) is 0 Å². The normalized spacial score (nSPS) is 9.46. The Morgan fingerprint density at radius 3 is 2.62 bits per heavy atom. The van der Waals surface area contributed by atoms with E-state index in [1.54, 1.807) is 0 Å². The number of rotatable bonds is 1. The van der Waals surface area contributed by atoms with Crippen LogP contribution in [0.15, 0.2) is 42.5 Å². The maximum absolute atomic E-state index is 8.39. The molecule has 0 saturated heterocycles. The Morgan fingerprint density at radius 1 is 1.00 bits per heavy atom. The van der Waals surface area contributed by atoms with Gasteiger partial charge in [-0.1, -0.05) is 36.4 Å². The zero-order chi connectivity index (χ0) is 9.10. The van der Waals surface area contributed by atoms with E-state index in [1.165, 1.54) is 0 Å². The summed E-state index contributed by atoms with van der Waals surface area (Å²) in [6.07, 6.45) is 0. The highest BCUT2D eigenvalue weighted by Crippen LogP contribution is 2.22. The first-order valence-corrected chi connectivity index (χ1v) is 3.99. The molecular weight excluding hydrogens is 162 g/mol. The summed E-state index contributed by atoms with van der Waals surface area (Å²) in [5.41, 5.74) is 3.34. The van der Waals surface area contributed by atoms with E-state index in [0.29, 0.717) is 0 Å². The molecule has 0 spiro atoms. The average molecular weight is 170 g/mol. The summed E-state index contributed by atoms with van der Waals surface area (Å²) in [7, 11) is 0. The van der Waals surface area contributed by atoms with Gasteiger partial charge in [-0.05, 0) is 16.9 Å². The highest BCUT2D eigenvalue weighted by atomic mass is 15.3. The summed E-state index contributed by atoms with van der Waals surface area (Å²) in [5.74, 6) is 0. The average Bonchev–Trinajstić information content (AvgIpc) is 2.19. The molecule has 0 heterocycles. The van der Waals surface area contributed by atoms with E-state index < -0.39 is 0 Å². The van der Waals surface area contributed by atoms with Crippen LogP contribution >= 0.6 is 0 Å². The molecule has 3 nitrogen and oxygen atoms in total. The largest absolute Gasteiger partial charge is 0.308 e. The Kier molecular flexibility index (Phi) is 1.81. The van der Waals surface area contributed by atoms with Crippen molar-refractivity contribution in [1.29, 1.82) is 5.39 Å². The van der Waals surface area contributed by atoms with E-state index in [0.717, 1.165) is 16.5 Å². The number of fused-ring (bicyclic) bond motifs is 1. The summed E-state index contributed by atoms with van der Waals surface area (Å²) in [6.45, 7) is 0. The standard InChI is InChI=1S/C10H8N3/c11-13-12-10-7-3-5-8-4-1-2-6-9(8)10/h1-7,12H/q+1. The fourth-order valence-electron chi connectivity index (χ4n) is 1.38. The van der Waals surface area contributed by atoms with Gasteiger partial charge in [0.15, 0.2) is 0 Å². The van der Waals surface area contributed by atoms with Crippen LogP contribution in [-0.4, -0.2) is 0 Å². The van der Waals surface area contributed by atoms with Crippen LogP contribution in [0.1, 0.15) is 0 Å². The third kappa shape index (κ3) is 1.30. The van der Waals surface area contributed by atoms with Crippen molar-refractivity contribution in [2.24, 2.45) is 0 Å². The summed E-state index contributed by atoms with van der Waals surface area (Å²) in [6, 6.07) is 13.7. The van der Waals surface area contributed by atoms with Crippen LogP contribution in [-0.2, 0) is 0 Å². The molecule has 13 heavy (non-hydrogen) atoms. The second kappa shape index (κ2) is 3.11. The monoisotopic (exact) mass is 170 g/mol. The van der Waals surface area contributed by atoms with Gasteiger partial charge >= 0.3 is 5.08 Å². The van der Waals surface area contributed by atoms with Gasteiger partial charge in [0.05, 0.1) is 0 Å². The summed E-state index contributed by atoms with van der Waals surface area (Å²) >= 11 is 0. The van der Waals surface area contributed by atoms with Gasteiger partial charge in [-0.15, -0.1) is 0 Å². The first-order valence-electron chi connectivity index (χ1n) is 3.99. The van der Waals surface area contributed by atoms with Crippen LogP contribution in [0, 0.1) is 5.39 Å². The number of anilines is 1. The van der Waals surface area contributed by atoms with Crippen molar-refractivity contribution in [2.45, 2.75) is 0 Å². The molecule has 0 amide bonds. The highest BCUT2D eigenvalue weighted by molar-refractivity contribution is 5.93. The summed E-state index contributed by atoms with van der Waals surface area (Å²) < 4.78 is 0. The lowest BCUT2D eigenvalue weighted by atomic mass is 10.1. The maximum Gasteiger partial charge on any atom is 0.308 e. The predicted molar refractivity (Wildman–Crippen MR) is 52.7 cm³/mol. The third-order valence-electron chi connectivity index (χ3n) is 1.96. The van der Waals surface area contributed by atoms with Crippen molar-refractivity contribution in [1.82, 2.24) is 0 Å². The number of hydrogen-bond donors (Lipinski definition) is 1. The van der Waals surface area contributed by atoms with Gasteiger partial charge in [-0.3, -0.25) is 0 Å². The SMILES string of the molecule is N#[N+]Nc1cccc2ccccc12. The molecule has 2 aromatic carbocycles. The van der Waals surface area contributed by atoms with Gasteiger partial charge in [0.1, 0.15) is 5.69 Å². The quantitative estimate of drug-likeness (QED) is 0.527. The minimum absolute atomic E-state index is 0.806. The van der Waals surface area contributed by atoms with E-state index in [4.69, 9.17) is 5.39 Å². The Balaban J connectivity index is 2.70. The van der Waals surface area contributed by atoms with E-state index in [1.807, 2.05) is 42.5 Å². The van der Waals surface area contributed by atoms with E-state index >= 15 is 0 Å². The van der Waals surface area contributed by atoms with Crippen molar-refractivity contribution < 1.29 is 0 Å². The van der Waals surface area contributed by atoms with Crippen LogP contribution in [0.2, 0.25) is 0 Å². The summed E-state index contributed by atoms with van der Waals surface area (Å²) in [5, 5.41) is 13.5. The lowest BCUT2D eigenvalue weighted by molar-refractivity contribution is 1.40. The van der Waals surface area contributed by atoms with Gasteiger partial charge in [-0.2, -0.15) is 0 Å². The Hall–Kier alpha value is -2.08. The number of nitrogens with zero attached hydrogens (tertiary/aromatic N) is 2. The number of benzene rings is 2. The first kappa shape index (κ1) is 7.56. The van der Waals surface area contributed by atoms with Crippen LogP contribution in [0.25, 0.3) is 15.9 Å². The van der Waals surface area contributed by atoms with Gasteiger partial charge in [0.2, 0.25) is 0 Å². The van der Waals surface area contributed by atoms with Crippen LogP contribution in [0.3, 0.4) is 0 Å². The molecule has 0 bridgehead atoms. The zero-order valence-electron chi connectivity index (χ0n) is 6.94. The van der Waals surface area contributed by atoms with Crippen molar-refractivity contribution in [3.05, 3.63) is 47.5 Å². The highest BCUT2D eigenvalue weighted by Gasteiger charge is 2.02. The number of nitrogens with one attached hydrogen (secondary N) is 1. The van der Waals surface area contributed by atoms with Gasteiger partial charge in [0, 0.05) is 5.39 Å². The van der Waals surface area contributed by atoms with Gasteiger partial charge in [-0.25, -0.2) is 0 Å². The Labute approximate surface area is 75.6 Å². The fourth-order valence-corrected chi connectivity index (χ4v) is 1.38. The number of diazo groups is 1. The Bertz CT molecular complexity index is 466. The molecule has 0 saturated carbocycles. The molecule has 0 aliphatic rings. The molecule has 0 fully saturated rings. The van der Waals surface area contributed by atoms with Crippen LogP contribution < -0.4 is 5.43 Å². The van der Waals surface area contributed by atoms with Crippen molar-refractivity contribution in [3.8, 4) is 0 Å². The van der Waals surface area contributed by atoms with Crippen molar-refractivity contribution in [2.75, 3.05) is 5.43 Å². The maximum atomic E-state index is 8.39. The fraction of sp³-hybridized carbons (Fsp3) is 0. The van der Waals surface area contributed by atoms with E-state index in [9.17, 15) is 0 Å². The second-order valence-corrected chi connectivity index (χ2v) is 2.74. The minimum Gasteiger partial charge on any atom is -0.0616 e. The lowest BCUT2D eigenvalue weighted by Gasteiger charge is -1.97. The molecule has 0 aliphatic carbocycles. The zero-order valence-corrected chi connectivity index (χ0v) is 6.94. The molecule has 0 radical (unpaired) electrons. The molecule has 3 heteroatoms. The third-order valence-corrected chi connectivity index (χ3v) is 1.96. The first-order chi connectivity index (χ1) is 6.42. The molecule has 62 valence electrons. The molecule has 0 aromatic heterocycles. The predicted octanol–water partition coefficient (Wildman–Crippen LogP) is 3.02. The van der Waals surface area contributed by atoms with Gasteiger partial charge in [0.25, 0.3) is 5.39 Å². The summed E-state index contributed by atoms with van der Waals surface area (Å²) in [4.78, 5) is 0. The van der Waals surface area contributed by atoms with Gasteiger partial charge < -0.3 is 0 Å². The molecule has 2 aromatic rings. The topological polar surface area (TPSA) is 40.2 Å². The van der Waals surface area contributed by atoms with Crippen LogP contribution in [0.5, 0.6) is 0 Å². The smallest absolute Gasteiger partial charge is 0.0616 e. The van der Waals surface area contributed by atoms with Crippen LogP contribution in [0.4, 0.5) is 5.69 Å². The Morgan fingerprint density at radius 2 is 1.77 bits per heavy atom.